The van der Waals surface area contributed by atoms with Crippen LogP contribution in [0.3, 0.4) is 0 Å². The van der Waals surface area contributed by atoms with Crippen molar-refractivity contribution in [2.75, 3.05) is 0 Å². The van der Waals surface area contributed by atoms with Crippen LogP contribution in [0, 0.1) is 0 Å². The minimum absolute atomic E-state index is 0.180. The standard InChI is InChI=1S/C31H27N7O/c1-20(2)37-14-13-32-30(37)25-9-6-10-29(35-25)38-19-34-26-15-23(21-7-4-3-5-8-21)28(16-24(26)31(38)39)36-17-27(33-18-36)22-11-12-22/h3-10,13-20,22H,11-12H2,1-2H3. The molecule has 0 N–H and O–H groups in total. The summed E-state index contributed by atoms with van der Waals surface area (Å²) in [6.07, 6.45) is 11.6. The third kappa shape index (κ3) is 4.14. The van der Waals surface area contributed by atoms with Crippen LogP contribution in [-0.2, 0) is 0 Å². The molecule has 7 rings (SSSR count). The average Bonchev–Trinajstić information content (AvgIpc) is 3.48. The Hall–Kier alpha value is -4.85. The van der Waals surface area contributed by atoms with E-state index in [9.17, 15) is 4.79 Å². The second kappa shape index (κ2) is 9.16. The van der Waals surface area contributed by atoms with Crippen molar-refractivity contribution in [2.45, 2.75) is 38.6 Å². The number of benzene rings is 2. The minimum atomic E-state index is -0.180. The monoisotopic (exact) mass is 513 g/mol. The number of hydrogen-bond donors (Lipinski definition) is 0. The molecule has 8 heteroatoms. The molecule has 0 amide bonds. The summed E-state index contributed by atoms with van der Waals surface area (Å²) in [4.78, 5) is 32.6. The van der Waals surface area contributed by atoms with Crippen LogP contribution in [0.15, 0.2) is 96.7 Å². The number of pyridine rings is 1. The van der Waals surface area contributed by atoms with Crippen molar-refractivity contribution in [3.63, 3.8) is 0 Å². The Morgan fingerprint density at radius 3 is 2.56 bits per heavy atom. The summed E-state index contributed by atoms with van der Waals surface area (Å²) in [6.45, 7) is 4.20. The van der Waals surface area contributed by atoms with Gasteiger partial charge in [-0.3, -0.25) is 9.36 Å². The van der Waals surface area contributed by atoms with Crippen LogP contribution in [0.1, 0.15) is 44.3 Å². The molecule has 4 heterocycles. The smallest absolute Gasteiger partial charge is 0.267 e. The van der Waals surface area contributed by atoms with Crippen molar-refractivity contribution in [2.24, 2.45) is 0 Å². The van der Waals surface area contributed by atoms with Crippen LogP contribution in [0.5, 0.6) is 0 Å². The Morgan fingerprint density at radius 1 is 0.923 bits per heavy atom. The van der Waals surface area contributed by atoms with Gasteiger partial charge in [0, 0.05) is 36.1 Å². The Labute approximate surface area is 225 Å². The van der Waals surface area contributed by atoms with Crippen LogP contribution in [-0.4, -0.2) is 33.6 Å². The van der Waals surface area contributed by atoms with Gasteiger partial charge in [-0.2, -0.15) is 0 Å². The molecule has 0 bridgehead atoms. The maximum absolute atomic E-state index is 13.9. The van der Waals surface area contributed by atoms with Gasteiger partial charge >= 0.3 is 0 Å². The third-order valence-electron chi connectivity index (χ3n) is 7.27. The summed E-state index contributed by atoms with van der Waals surface area (Å²) in [7, 11) is 0. The molecule has 4 aromatic heterocycles. The molecule has 0 atom stereocenters. The Morgan fingerprint density at radius 2 is 1.77 bits per heavy atom. The first-order valence-electron chi connectivity index (χ1n) is 13.2. The van der Waals surface area contributed by atoms with Crippen molar-refractivity contribution in [1.29, 1.82) is 0 Å². The number of aromatic nitrogens is 7. The molecule has 6 aromatic rings. The first kappa shape index (κ1) is 23.3. The molecule has 192 valence electrons. The number of imidazole rings is 2. The lowest BCUT2D eigenvalue weighted by molar-refractivity contribution is 0.605. The third-order valence-corrected chi connectivity index (χ3v) is 7.27. The van der Waals surface area contributed by atoms with Gasteiger partial charge in [-0.15, -0.1) is 0 Å². The zero-order valence-corrected chi connectivity index (χ0v) is 21.8. The maximum atomic E-state index is 13.9. The summed E-state index contributed by atoms with van der Waals surface area (Å²) in [6, 6.07) is 19.9. The van der Waals surface area contributed by atoms with Crippen LogP contribution >= 0.6 is 0 Å². The molecule has 0 radical (unpaired) electrons. The average molecular weight is 514 g/mol. The predicted molar refractivity (Wildman–Crippen MR) is 151 cm³/mol. The minimum Gasteiger partial charge on any atom is -0.327 e. The molecular formula is C31H27N7O. The topological polar surface area (TPSA) is 83.4 Å². The lowest BCUT2D eigenvalue weighted by Gasteiger charge is -2.14. The van der Waals surface area contributed by atoms with Crippen LogP contribution in [0.4, 0.5) is 0 Å². The van der Waals surface area contributed by atoms with Gasteiger partial charge in [-0.25, -0.2) is 19.9 Å². The van der Waals surface area contributed by atoms with Gasteiger partial charge in [0.25, 0.3) is 5.56 Å². The van der Waals surface area contributed by atoms with E-state index < -0.39 is 0 Å². The van der Waals surface area contributed by atoms with Gasteiger partial charge in [-0.1, -0.05) is 36.4 Å². The fourth-order valence-electron chi connectivity index (χ4n) is 5.05. The van der Waals surface area contributed by atoms with Crippen molar-refractivity contribution in [3.8, 4) is 34.2 Å². The van der Waals surface area contributed by atoms with E-state index in [4.69, 9.17) is 9.97 Å². The van der Waals surface area contributed by atoms with Crippen molar-refractivity contribution in [1.82, 2.24) is 33.6 Å². The van der Waals surface area contributed by atoms with Crippen LogP contribution in [0.2, 0.25) is 0 Å². The first-order chi connectivity index (χ1) is 19.1. The van der Waals surface area contributed by atoms with E-state index in [1.54, 1.807) is 12.5 Å². The molecular weight excluding hydrogens is 486 g/mol. The highest BCUT2D eigenvalue weighted by atomic mass is 16.1. The van der Waals surface area contributed by atoms with E-state index in [0.29, 0.717) is 28.3 Å². The summed E-state index contributed by atoms with van der Waals surface area (Å²) < 4.78 is 5.59. The fourth-order valence-corrected chi connectivity index (χ4v) is 5.05. The molecule has 0 aliphatic heterocycles. The molecule has 2 aromatic carbocycles. The van der Waals surface area contributed by atoms with Gasteiger partial charge in [-0.05, 0) is 56.5 Å². The number of fused-ring (bicyclic) bond motifs is 1. The maximum Gasteiger partial charge on any atom is 0.267 e. The molecule has 8 nitrogen and oxygen atoms in total. The van der Waals surface area contributed by atoms with E-state index in [1.807, 2.05) is 65.6 Å². The molecule has 1 aliphatic carbocycles. The zero-order chi connectivity index (χ0) is 26.5. The predicted octanol–water partition coefficient (Wildman–Crippen LogP) is 5.96. The lowest BCUT2D eigenvalue weighted by atomic mass is 10.0. The quantitative estimate of drug-likeness (QED) is 0.275. The normalized spacial score (nSPS) is 13.4. The van der Waals surface area contributed by atoms with Gasteiger partial charge in [0.2, 0.25) is 0 Å². The highest BCUT2D eigenvalue weighted by Crippen LogP contribution is 2.39. The molecule has 0 saturated heterocycles. The number of hydrogen-bond acceptors (Lipinski definition) is 5. The molecule has 1 fully saturated rings. The Kier molecular flexibility index (Phi) is 5.47. The van der Waals surface area contributed by atoms with Gasteiger partial charge in [0.15, 0.2) is 5.82 Å². The van der Waals surface area contributed by atoms with Gasteiger partial charge in [0.05, 0.1) is 28.6 Å². The molecule has 1 saturated carbocycles. The van der Waals surface area contributed by atoms with Gasteiger partial charge < -0.3 is 9.13 Å². The summed E-state index contributed by atoms with van der Waals surface area (Å²) in [5.74, 6) is 1.79. The van der Waals surface area contributed by atoms with Crippen LogP contribution < -0.4 is 5.56 Å². The molecule has 0 unspecified atom stereocenters. The highest BCUT2D eigenvalue weighted by molar-refractivity contribution is 5.89. The molecule has 1 aliphatic rings. The number of nitrogens with zero attached hydrogens (tertiary/aromatic N) is 7. The van der Waals surface area contributed by atoms with E-state index in [1.165, 1.54) is 17.4 Å². The Balaban J connectivity index is 1.39. The summed E-state index contributed by atoms with van der Waals surface area (Å²) in [5.41, 5.74) is 5.19. The number of rotatable bonds is 6. The van der Waals surface area contributed by atoms with Crippen molar-refractivity contribution in [3.05, 3.63) is 108 Å². The summed E-state index contributed by atoms with van der Waals surface area (Å²) >= 11 is 0. The second-order valence-electron chi connectivity index (χ2n) is 10.3. The van der Waals surface area contributed by atoms with E-state index in [-0.39, 0.29) is 11.6 Å². The van der Waals surface area contributed by atoms with Crippen molar-refractivity contribution < 1.29 is 0 Å². The molecule has 0 spiro atoms. The second-order valence-corrected chi connectivity index (χ2v) is 10.3. The SMILES string of the molecule is CC(C)n1ccnc1-c1cccc(-n2cnc3cc(-c4ccccc4)c(-n4cnc(C5CC5)c4)cc3c2=O)n1. The zero-order valence-electron chi connectivity index (χ0n) is 21.8. The van der Waals surface area contributed by atoms with Crippen molar-refractivity contribution >= 4 is 10.9 Å². The summed E-state index contributed by atoms with van der Waals surface area (Å²) in [5, 5.41) is 0.518. The lowest BCUT2D eigenvalue weighted by Crippen LogP contribution is -2.20. The van der Waals surface area contributed by atoms with E-state index in [0.717, 1.165) is 28.3 Å². The largest absolute Gasteiger partial charge is 0.327 e. The van der Waals surface area contributed by atoms with E-state index in [2.05, 4.69) is 46.7 Å². The fraction of sp³-hybridized carbons (Fsp3) is 0.194. The Bertz CT molecular complexity index is 1880. The first-order valence-corrected chi connectivity index (χ1v) is 13.2. The highest BCUT2D eigenvalue weighted by Gasteiger charge is 2.26. The van der Waals surface area contributed by atoms with E-state index >= 15 is 0 Å². The van der Waals surface area contributed by atoms with Crippen LogP contribution in [0.25, 0.3) is 45.1 Å². The molecule has 39 heavy (non-hydrogen) atoms. The van der Waals surface area contributed by atoms with Gasteiger partial charge in [0.1, 0.15) is 17.8 Å².